The van der Waals surface area contributed by atoms with Crippen molar-refractivity contribution in [2.75, 3.05) is 11.9 Å². The molecule has 6 nitrogen and oxygen atoms in total. The number of hydrogen-bond donors (Lipinski definition) is 2. The molecule has 1 unspecified atom stereocenters. The molecule has 0 aromatic carbocycles. The first-order valence-electron chi connectivity index (χ1n) is 5.24. The second-order valence-corrected chi connectivity index (χ2v) is 3.89. The number of rotatable bonds is 3. The van der Waals surface area contributed by atoms with Gasteiger partial charge in [-0.15, -0.1) is 0 Å². The summed E-state index contributed by atoms with van der Waals surface area (Å²) in [6.07, 6.45) is 1.54. The Bertz CT molecular complexity index is 503. The van der Waals surface area contributed by atoms with Crippen LogP contribution in [0.3, 0.4) is 0 Å². The maximum atomic E-state index is 5.57. The minimum absolute atomic E-state index is 0.167. The Morgan fingerprint density at radius 3 is 2.94 bits per heavy atom. The number of fused-ring (bicyclic) bond motifs is 1. The topological polar surface area (TPSA) is 81.7 Å². The molecule has 2 heterocycles. The summed E-state index contributed by atoms with van der Waals surface area (Å²) in [5, 5.41) is 3.22. The van der Waals surface area contributed by atoms with Crippen molar-refractivity contribution in [1.29, 1.82) is 0 Å². The van der Waals surface area contributed by atoms with Gasteiger partial charge in [0.05, 0.1) is 0 Å². The van der Waals surface area contributed by atoms with Gasteiger partial charge in [-0.1, -0.05) is 0 Å². The van der Waals surface area contributed by atoms with Gasteiger partial charge in [-0.25, -0.2) is 15.0 Å². The minimum Gasteiger partial charge on any atom is -0.364 e. The van der Waals surface area contributed by atoms with E-state index in [9.17, 15) is 0 Å². The quantitative estimate of drug-likeness (QED) is 0.784. The van der Waals surface area contributed by atoms with E-state index < -0.39 is 0 Å². The summed E-state index contributed by atoms with van der Waals surface area (Å²) in [6, 6.07) is 0.167. The van der Waals surface area contributed by atoms with Crippen molar-refractivity contribution in [1.82, 2.24) is 19.5 Å². The molecule has 0 saturated carbocycles. The highest BCUT2D eigenvalue weighted by Gasteiger charge is 2.11. The lowest BCUT2D eigenvalue weighted by molar-refractivity contribution is 0.798. The molecule has 0 spiro atoms. The summed E-state index contributed by atoms with van der Waals surface area (Å²) in [7, 11) is 1.94. The molecule has 2 rings (SSSR count). The Morgan fingerprint density at radius 2 is 2.25 bits per heavy atom. The second kappa shape index (κ2) is 4.05. The lowest BCUT2D eigenvalue weighted by atomic mass is 10.3. The lowest BCUT2D eigenvalue weighted by Crippen LogP contribution is -2.25. The van der Waals surface area contributed by atoms with E-state index in [0.29, 0.717) is 6.54 Å². The van der Waals surface area contributed by atoms with Crippen LogP contribution in [0.15, 0.2) is 6.33 Å². The highest BCUT2D eigenvalue weighted by molar-refractivity contribution is 5.83. The molecule has 0 aliphatic carbocycles. The second-order valence-electron chi connectivity index (χ2n) is 3.89. The van der Waals surface area contributed by atoms with E-state index >= 15 is 0 Å². The van der Waals surface area contributed by atoms with Crippen LogP contribution in [0.5, 0.6) is 0 Å². The monoisotopic (exact) mass is 220 g/mol. The van der Waals surface area contributed by atoms with Crippen molar-refractivity contribution < 1.29 is 0 Å². The molecule has 2 aromatic heterocycles. The van der Waals surface area contributed by atoms with E-state index in [2.05, 4.69) is 20.3 Å². The molecule has 0 aliphatic heterocycles. The first kappa shape index (κ1) is 10.8. The average Bonchev–Trinajstić information content (AvgIpc) is 2.57. The highest BCUT2D eigenvalue weighted by atomic mass is 15.2. The number of imidazole rings is 1. The van der Waals surface area contributed by atoms with Crippen molar-refractivity contribution in [3.8, 4) is 0 Å². The lowest BCUT2D eigenvalue weighted by Gasteiger charge is -2.11. The Morgan fingerprint density at radius 1 is 1.50 bits per heavy atom. The van der Waals surface area contributed by atoms with Crippen LogP contribution in [0.25, 0.3) is 11.2 Å². The third-order valence-corrected chi connectivity index (χ3v) is 2.62. The molecule has 0 aliphatic rings. The number of hydrogen-bond acceptors (Lipinski definition) is 5. The number of nitrogens with zero attached hydrogens (tertiary/aromatic N) is 4. The molecule has 0 bridgehead atoms. The summed E-state index contributed by atoms with van der Waals surface area (Å²) < 4.78 is 1.94. The smallest absolute Gasteiger partial charge is 0.165 e. The maximum absolute atomic E-state index is 5.57. The third kappa shape index (κ3) is 1.71. The summed E-state index contributed by atoms with van der Waals surface area (Å²) in [6.45, 7) is 4.50. The standard InChI is InChI=1S/C10H16N6/c1-6(4-11)14-9-8-10(13-5-12-9)16(3)7(2)15-8/h5-6H,4,11H2,1-3H3,(H,12,13,14). The predicted octanol–water partition coefficient (Wildman–Crippen LogP) is 0.431. The summed E-state index contributed by atoms with van der Waals surface area (Å²) in [5.74, 6) is 1.66. The van der Waals surface area contributed by atoms with Crippen LogP contribution in [0, 0.1) is 6.92 Å². The predicted molar refractivity (Wildman–Crippen MR) is 63.2 cm³/mol. The molecule has 0 radical (unpaired) electrons. The normalized spacial score (nSPS) is 13.0. The SMILES string of the molecule is Cc1nc2c(NC(C)CN)ncnc2n1C. The summed E-state index contributed by atoms with van der Waals surface area (Å²) in [4.78, 5) is 12.8. The van der Waals surface area contributed by atoms with Crippen LogP contribution in [0.4, 0.5) is 5.82 Å². The van der Waals surface area contributed by atoms with Crippen molar-refractivity contribution >= 4 is 17.0 Å². The summed E-state index contributed by atoms with van der Waals surface area (Å²) in [5.41, 5.74) is 7.19. The number of aromatic nitrogens is 4. The van der Waals surface area contributed by atoms with Gasteiger partial charge in [0.15, 0.2) is 17.0 Å². The maximum Gasteiger partial charge on any atom is 0.165 e. The van der Waals surface area contributed by atoms with Crippen LogP contribution in [-0.4, -0.2) is 32.1 Å². The van der Waals surface area contributed by atoms with Gasteiger partial charge in [0.25, 0.3) is 0 Å². The van der Waals surface area contributed by atoms with E-state index in [1.807, 2.05) is 25.5 Å². The molecule has 6 heteroatoms. The van der Waals surface area contributed by atoms with Crippen molar-refractivity contribution in [2.45, 2.75) is 19.9 Å². The molecule has 0 amide bonds. The Balaban J connectivity index is 2.50. The van der Waals surface area contributed by atoms with Crippen molar-refractivity contribution in [3.05, 3.63) is 12.2 Å². The van der Waals surface area contributed by atoms with Gasteiger partial charge in [0.1, 0.15) is 12.2 Å². The third-order valence-electron chi connectivity index (χ3n) is 2.62. The van der Waals surface area contributed by atoms with Gasteiger partial charge in [0, 0.05) is 19.6 Å². The van der Waals surface area contributed by atoms with E-state index in [0.717, 1.165) is 22.8 Å². The Kier molecular flexibility index (Phi) is 2.74. The zero-order chi connectivity index (χ0) is 11.7. The van der Waals surface area contributed by atoms with E-state index in [1.165, 1.54) is 6.33 Å². The van der Waals surface area contributed by atoms with Gasteiger partial charge >= 0.3 is 0 Å². The van der Waals surface area contributed by atoms with E-state index in [1.54, 1.807) is 0 Å². The number of nitrogens with two attached hydrogens (primary N) is 1. The molecule has 3 N–H and O–H groups in total. The van der Waals surface area contributed by atoms with Gasteiger partial charge in [-0.2, -0.15) is 0 Å². The van der Waals surface area contributed by atoms with Gasteiger partial charge in [0.2, 0.25) is 0 Å². The van der Waals surface area contributed by atoms with Gasteiger partial charge < -0.3 is 15.6 Å². The molecule has 1 atom stereocenters. The molecular formula is C10H16N6. The first-order chi connectivity index (χ1) is 7.63. The van der Waals surface area contributed by atoms with Crippen molar-refractivity contribution in [2.24, 2.45) is 12.8 Å². The molecule has 86 valence electrons. The van der Waals surface area contributed by atoms with Gasteiger partial charge in [-0.05, 0) is 13.8 Å². The van der Waals surface area contributed by atoms with Crippen LogP contribution < -0.4 is 11.1 Å². The molecule has 0 fully saturated rings. The van der Waals surface area contributed by atoms with Crippen LogP contribution in [0.2, 0.25) is 0 Å². The molecule has 16 heavy (non-hydrogen) atoms. The largest absolute Gasteiger partial charge is 0.364 e. The van der Waals surface area contributed by atoms with E-state index in [-0.39, 0.29) is 6.04 Å². The number of nitrogens with one attached hydrogen (secondary N) is 1. The fourth-order valence-corrected chi connectivity index (χ4v) is 1.51. The van der Waals surface area contributed by atoms with Crippen LogP contribution >= 0.6 is 0 Å². The Labute approximate surface area is 93.9 Å². The fraction of sp³-hybridized carbons (Fsp3) is 0.500. The average molecular weight is 220 g/mol. The molecule has 0 saturated heterocycles. The first-order valence-corrected chi connectivity index (χ1v) is 5.24. The Hall–Kier alpha value is -1.69. The fourth-order valence-electron chi connectivity index (χ4n) is 1.51. The van der Waals surface area contributed by atoms with Crippen molar-refractivity contribution in [3.63, 3.8) is 0 Å². The van der Waals surface area contributed by atoms with E-state index in [4.69, 9.17) is 5.73 Å². The number of aryl methyl sites for hydroxylation is 2. The van der Waals surface area contributed by atoms with Gasteiger partial charge in [-0.3, -0.25) is 0 Å². The molecular weight excluding hydrogens is 204 g/mol. The van der Waals surface area contributed by atoms with Crippen LogP contribution in [0.1, 0.15) is 12.7 Å². The summed E-state index contributed by atoms with van der Waals surface area (Å²) >= 11 is 0. The zero-order valence-corrected chi connectivity index (χ0v) is 9.73. The zero-order valence-electron chi connectivity index (χ0n) is 9.73. The molecule has 2 aromatic rings. The minimum atomic E-state index is 0.167. The van der Waals surface area contributed by atoms with Crippen LogP contribution in [-0.2, 0) is 7.05 Å². The highest BCUT2D eigenvalue weighted by Crippen LogP contribution is 2.18. The number of anilines is 1.